The summed E-state index contributed by atoms with van der Waals surface area (Å²) in [4.78, 5) is 11.3. The molecule has 2 aromatic rings. The molecule has 1 atom stereocenters. The van der Waals surface area contributed by atoms with Gasteiger partial charge in [0.15, 0.2) is 5.58 Å². The number of hydrogen-bond donors (Lipinski definition) is 2. The molecule has 0 radical (unpaired) electrons. The summed E-state index contributed by atoms with van der Waals surface area (Å²) in [5.74, 6) is -0.554. The molecule has 0 aliphatic rings. The van der Waals surface area contributed by atoms with E-state index in [0.29, 0.717) is 5.52 Å². The Balaban J connectivity index is 2.49. The van der Waals surface area contributed by atoms with Crippen LogP contribution in [0, 0.1) is 0 Å². The first kappa shape index (κ1) is 13.8. The smallest absolute Gasteiger partial charge is 0.408 e. The number of hydrogen-bond acceptors (Lipinski definition) is 5. The van der Waals surface area contributed by atoms with E-state index in [4.69, 9.17) is 9.52 Å². The fraction of sp³-hybridized carbons (Fsp3) is 0.364. The number of rotatable bonds is 4. The summed E-state index contributed by atoms with van der Waals surface area (Å²) in [6, 6.07) is 3.56. The summed E-state index contributed by atoms with van der Waals surface area (Å²) >= 11 is 0. The Morgan fingerprint density at radius 2 is 2.16 bits per heavy atom. The summed E-state index contributed by atoms with van der Waals surface area (Å²) in [6.07, 6.45) is 0. The normalized spacial score (nSPS) is 13.8. The third-order valence-electron chi connectivity index (χ3n) is 2.70. The van der Waals surface area contributed by atoms with Crippen LogP contribution in [0.25, 0.3) is 11.1 Å². The van der Waals surface area contributed by atoms with Gasteiger partial charge in [0.05, 0.1) is 17.0 Å². The van der Waals surface area contributed by atoms with Crippen LogP contribution in [0.4, 0.5) is 0 Å². The molecule has 1 aromatic carbocycles. The molecule has 0 fully saturated rings. The third kappa shape index (κ3) is 2.55. The van der Waals surface area contributed by atoms with Crippen LogP contribution in [0.3, 0.4) is 0 Å². The minimum Gasteiger partial charge on any atom is -0.408 e. The van der Waals surface area contributed by atoms with Crippen molar-refractivity contribution in [2.45, 2.75) is 17.9 Å². The predicted octanol–water partition coefficient (Wildman–Crippen LogP) is -0.209. The zero-order chi connectivity index (χ0) is 14.2. The molecule has 19 heavy (non-hydrogen) atoms. The van der Waals surface area contributed by atoms with Crippen LogP contribution in [-0.4, -0.2) is 30.7 Å². The van der Waals surface area contributed by atoms with Gasteiger partial charge in [-0.25, -0.2) is 17.9 Å². The molecule has 1 heterocycles. The zero-order valence-electron chi connectivity index (χ0n) is 10.5. The molecule has 0 saturated carbocycles. The summed E-state index contributed by atoms with van der Waals surface area (Å²) in [6.45, 7) is 1.24. The Kier molecular flexibility index (Phi) is 3.48. The van der Waals surface area contributed by atoms with Crippen LogP contribution in [0.5, 0.6) is 0 Å². The molecule has 8 heteroatoms. The van der Waals surface area contributed by atoms with Crippen molar-refractivity contribution in [3.8, 4) is 0 Å². The first-order valence-electron chi connectivity index (χ1n) is 5.58. The van der Waals surface area contributed by atoms with Crippen molar-refractivity contribution in [1.82, 2.24) is 9.29 Å². The summed E-state index contributed by atoms with van der Waals surface area (Å²) in [7, 11) is -2.21. The Bertz CT molecular complexity index is 759. The van der Waals surface area contributed by atoms with Crippen molar-refractivity contribution < 1.29 is 17.9 Å². The maximum Gasteiger partial charge on any atom is 0.419 e. The van der Waals surface area contributed by atoms with Gasteiger partial charge in [-0.15, -0.1) is 0 Å². The molecular formula is C11H14N2O5S. The molecule has 0 spiro atoms. The maximum absolute atomic E-state index is 12.0. The van der Waals surface area contributed by atoms with E-state index in [1.165, 1.54) is 29.8 Å². The van der Waals surface area contributed by atoms with Gasteiger partial charge in [0, 0.05) is 19.2 Å². The number of fused-ring (bicyclic) bond motifs is 1. The fourth-order valence-corrected chi connectivity index (χ4v) is 2.90. The number of sulfonamides is 1. The van der Waals surface area contributed by atoms with Gasteiger partial charge in [0.1, 0.15) is 0 Å². The van der Waals surface area contributed by atoms with Gasteiger partial charge >= 0.3 is 5.76 Å². The quantitative estimate of drug-likeness (QED) is 0.810. The van der Waals surface area contributed by atoms with Gasteiger partial charge in [-0.1, -0.05) is 0 Å². The van der Waals surface area contributed by atoms with Crippen molar-refractivity contribution in [2.24, 2.45) is 7.05 Å². The van der Waals surface area contributed by atoms with Crippen molar-refractivity contribution >= 4 is 21.1 Å². The molecule has 2 N–H and O–H groups in total. The molecule has 0 aliphatic heterocycles. The number of benzene rings is 1. The molecule has 0 saturated heterocycles. The van der Waals surface area contributed by atoms with Gasteiger partial charge in [0.2, 0.25) is 10.0 Å². The maximum atomic E-state index is 12.0. The minimum absolute atomic E-state index is 0.0188. The van der Waals surface area contributed by atoms with Crippen LogP contribution >= 0.6 is 0 Å². The molecule has 0 bridgehead atoms. The van der Waals surface area contributed by atoms with Crippen LogP contribution < -0.4 is 10.5 Å². The molecule has 0 unspecified atom stereocenters. The zero-order valence-corrected chi connectivity index (χ0v) is 11.3. The van der Waals surface area contributed by atoms with Crippen molar-refractivity contribution in [2.75, 3.05) is 6.61 Å². The SMILES string of the molecule is C[C@H](CO)NS(=O)(=O)c1ccc2c(c1)oc(=O)n2C. The molecule has 0 aliphatic carbocycles. The standard InChI is InChI=1S/C11H14N2O5S/c1-7(6-14)12-19(16,17)8-3-4-9-10(5-8)18-11(15)13(9)2/h3-5,7,12,14H,6H2,1-2H3/t7-/m1/s1. The average Bonchev–Trinajstić information content (AvgIpc) is 2.64. The number of nitrogens with one attached hydrogen (secondary N) is 1. The van der Waals surface area contributed by atoms with Gasteiger partial charge in [0.25, 0.3) is 0 Å². The van der Waals surface area contributed by atoms with Gasteiger partial charge in [-0.05, 0) is 19.1 Å². The van der Waals surface area contributed by atoms with Crippen LogP contribution in [0.2, 0.25) is 0 Å². The Labute approximate surface area is 109 Å². The molecule has 2 rings (SSSR count). The number of aryl methyl sites for hydroxylation is 1. The Hall–Kier alpha value is -1.64. The van der Waals surface area contributed by atoms with Crippen LogP contribution in [-0.2, 0) is 17.1 Å². The number of aliphatic hydroxyl groups is 1. The summed E-state index contributed by atoms with van der Waals surface area (Å²) in [5.41, 5.74) is 0.714. The first-order valence-corrected chi connectivity index (χ1v) is 7.06. The molecule has 0 amide bonds. The molecule has 7 nitrogen and oxygen atoms in total. The molecule has 1 aromatic heterocycles. The highest BCUT2D eigenvalue weighted by molar-refractivity contribution is 7.89. The largest absolute Gasteiger partial charge is 0.419 e. The van der Waals surface area contributed by atoms with E-state index in [2.05, 4.69) is 4.72 Å². The van der Waals surface area contributed by atoms with E-state index in [-0.39, 0.29) is 17.1 Å². The molecule has 104 valence electrons. The second kappa shape index (κ2) is 4.80. The third-order valence-corrected chi connectivity index (χ3v) is 4.29. The van der Waals surface area contributed by atoms with E-state index < -0.39 is 21.8 Å². The number of aliphatic hydroxyl groups excluding tert-OH is 1. The second-order valence-electron chi connectivity index (χ2n) is 4.26. The minimum atomic E-state index is -3.75. The van der Waals surface area contributed by atoms with Gasteiger partial charge < -0.3 is 9.52 Å². The fourth-order valence-electron chi connectivity index (χ4n) is 1.65. The highest BCUT2D eigenvalue weighted by Crippen LogP contribution is 2.18. The van der Waals surface area contributed by atoms with E-state index in [1.807, 2.05) is 0 Å². The van der Waals surface area contributed by atoms with E-state index >= 15 is 0 Å². The Morgan fingerprint density at radius 3 is 2.79 bits per heavy atom. The summed E-state index contributed by atoms with van der Waals surface area (Å²) in [5, 5.41) is 8.87. The van der Waals surface area contributed by atoms with Crippen LogP contribution in [0.15, 0.2) is 32.3 Å². The van der Waals surface area contributed by atoms with Gasteiger partial charge in [-0.3, -0.25) is 4.57 Å². The highest BCUT2D eigenvalue weighted by atomic mass is 32.2. The molecular weight excluding hydrogens is 272 g/mol. The number of aromatic nitrogens is 1. The second-order valence-corrected chi connectivity index (χ2v) is 5.98. The van der Waals surface area contributed by atoms with Crippen molar-refractivity contribution in [3.63, 3.8) is 0 Å². The lowest BCUT2D eigenvalue weighted by Crippen LogP contribution is -2.34. The van der Waals surface area contributed by atoms with E-state index in [0.717, 1.165) is 0 Å². The highest BCUT2D eigenvalue weighted by Gasteiger charge is 2.18. The summed E-state index contributed by atoms with van der Waals surface area (Å²) < 4.78 is 32.5. The predicted molar refractivity (Wildman–Crippen MR) is 68.3 cm³/mol. The Morgan fingerprint density at radius 1 is 1.47 bits per heavy atom. The number of nitrogens with zero attached hydrogens (tertiary/aromatic N) is 1. The van der Waals surface area contributed by atoms with E-state index in [9.17, 15) is 13.2 Å². The van der Waals surface area contributed by atoms with E-state index in [1.54, 1.807) is 6.92 Å². The van der Waals surface area contributed by atoms with Crippen LogP contribution in [0.1, 0.15) is 6.92 Å². The number of oxazole rings is 1. The topological polar surface area (TPSA) is 102 Å². The van der Waals surface area contributed by atoms with Crippen molar-refractivity contribution in [3.05, 3.63) is 28.7 Å². The monoisotopic (exact) mass is 286 g/mol. The van der Waals surface area contributed by atoms with Crippen molar-refractivity contribution in [1.29, 1.82) is 0 Å². The first-order chi connectivity index (χ1) is 8.85. The van der Waals surface area contributed by atoms with Gasteiger partial charge in [-0.2, -0.15) is 0 Å². The lowest BCUT2D eigenvalue weighted by molar-refractivity contribution is 0.265. The average molecular weight is 286 g/mol. The lowest BCUT2D eigenvalue weighted by atomic mass is 10.3. The lowest BCUT2D eigenvalue weighted by Gasteiger charge is -2.11.